The van der Waals surface area contributed by atoms with Crippen LogP contribution in [0.2, 0.25) is 0 Å². The van der Waals surface area contributed by atoms with Crippen molar-refractivity contribution >= 4 is 64.0 Å². The van der Waals surface area contributed by atoms with E-state index in [4.69, 9.17) is 4.42 Å². The lowest BCUT2D eigenvalue weighted by Crippen LogP contribution is -2.02. The quantitative estimate of drug-likeness (QED) is 0.182. The molecule has 0 fully saturated rings. The number of thiophene rings is 1. The molecule has 9 aromatic rings. The number of aryl methyl sites for hydroxylation is 2. The van der Waals surface area contributed by atoms with Gasteiger partial charge in [-0.25, -0.2) is 0 Å². The Morgan fingerprint density at radius 2 is 1.11 bits per heavy atom. The van der Waals surface area contributed by atoms with Gasteiger partial charge in [0, 0.05) is 31.1 Å². The summed E-state index contributed by atoms with van der Waals surface area (Å²) in [5.41, 5.74) is 11.6. The van der Waals surface area contributed by atoms with E-state index in [0.29, 0.717) is 0 Å². The molecular formula is C44H30OS. The van der Waals surface area contributed by atoms with Crippen LogP contribution in [0.1, 0.15) is 24.0 Å². The highest BCUT2D eigenvalue weighted by Crippen LogP contribution is 2.47. The van der Waals surface area contributed by atoms with Gasteiger partial charge in [-0.2, -0.15) is 0 Å². The molecule has 1 aliphatic carbocycles. The summed E-state index contributed by atoms with van der Waals surface area (Å²) < 4.78 is 8.67. The Labute approximate surface area is 271 Å². The average Bonchev–Trinajstić information content (AvgIpc) is 3.72. The van der Waals surface area contributed by atoms with Crippen LogP contribution in [-0.2, 0) is 12.8 Å². The van der Waals surface area contributed by atoms with Crippen molar-refractivity contribution in [2.75, 3.05) is 0 Å². The second-order valence-corrected chi connectivity index (χ2v) is 13.7. The van der Waals surface area contributed by atoms with Gasteiger partial charge in [-0.05, 0) is 110 Å². The minimum atomic E-state index is 0.938. The molecule has 1 aliphatic rings. The molecule has 2 heterocycles. The molecule has 0 spiro atoms. The number of furan rings is 1. The fraction of sp³-hybridized carbons (Fsp3) is 0.0909. The zero-order valence-electron chi connectivity index (χ0n) is 25.3. The summed E-state index contributed by atoms with van der Waals surface area (Å²) in [6.07, 6.45) is 6.89. The van der Waals surface area contributed by atoms with E-state index in [1.807, 2.05) is 17.6 Å². The maximum atomic E-state index is 6.08. The summed E-state index contributed by atoms with van der Waals surface area (Å²) in [5, 5.41) is 9.02. The zero-order chi connectivity index (χ0) is 30.2. The van der Waals surface area contributed by atoms with E-state index >= 15 is 0 Å². The molecule has 46 heavy (non-hydrogen) atoms. The van der Waals surface area contributed by atoms with Gasteiger partial charge in [-0.15, -0.1) is 11.3 Å². The lowest BCUT2D eigenvalue weighted by Gasteiger charge is -2.20. The van der Waals surface area contributed by atoms with Crippen LogP contribution in [0.4, 0.5) is 0 Å². The Hall–Kier alpha value is -5.18. The molecule has 0 bridgehead atoms. The predicted octanol–water partition coefficient (Wildman–Crippen LogP) is 13.0. The molecule has 0 N–H and O–H groups in total. The van der Waals surface area contributed by atoms with E-state index in [-0.39, 0.29) is 0 Å². The third-order valence-electron chi connectivity index (χ3n) is 10.1. The van der Waals surface area contributed by atoms with Crippen molar-refractivity contribution in [2.24, 2.45) is 0 Å². The fourth-order valence-electron chi connectivity index (χ4n) is 7.98. The van der Waals surface area contributed by atoms with E-state index in [9.17, 15) is 0 Å². The normalized spacial score (nSPS) is 13.3. The van der Waals surface area contributed by atoms with Gasteiger partial charge in [0.2, 0.25) is 0 Å². The first-order valence-corrected chi connectivity index (χ1v) is 17.1. The van der Waals surface area contributed by atoms with Gasteiger partial charge in [-0.3, -0.25) is 0 Å². The van der Waals surface area contributed by atoms with Crippen LogP contribution in [0.5, 0.6) is 0 Å². The Morgan fingerprint density at radius 1 is 0.478 bits per heavy atom. The third kappa shape index (κ3) is 3.87. The van der Waals surface area contributed by atoms with Crippen LogP contribution >= 0.6 is 11.3 Å². The monoisotopic (exact) mass is 606 g/mol. The van der Waals surface area contributed by atoms with Gasteiger partial charge in [-0.1, -0.05) is 103 Å². The molecule has 2 aromatic heterocycles. The highest BCUT2D eigenvalue weighted by Gasteiger charge is 2.20. The lowest BCUT2D eigenvalue weighted by atomic mass is 9.83. The van der Waals surface area contributed by atoms with Crippen LogP contribution in [0.25, 0.3) is 86.1 Å². The molecule has 0 atom stereocenters. The maximum Gasteiger partial charge on any atom is 0.135 e. The maximum absolute atomic E-state index is 6.08. The van der Waals surface area contributed by atoms with Crippen LogP contribution in [0.15, 0.2) is 138 Å². The third-order valence-corrected chi connectivity index (χ3v) is 11.3. The first-order valence-electron chi connectivity index (χ1n) is 16.3. The molecule has 7 aromatic carbocycles. The van der Waals surface area contributed by atoms with Crippen molar-refractivity contribution in [2.45, 2.75) is 25.7 Å². The molecule has 0 saturated carbocycles. The van der Waals surface area contributed by atoms with Gasteiger partial charge in [0.05, 0.1) is 6.26 Å². The fourth-order valence-corrected chi connectivity index (χ4v) is 9.22. The molecule has 218 valence electrons. The van der Waals surface area contributed by atoms with Crippen molar-refractivity contribution in [3.8, 4) is 33.4 Å². The van der Waals surface area contributed by atoms with E-state index < -0.39 is 0 Å². The van der Waals surface area contributed by atoms with Gasteiger partial charge < -0.3 is 4.42 Å². The smallest absolute Gasteiger partial charge is 0.135 e. The van der Waals surface area contributed by atoms with Crippen LogP contribution in [-0.4, -0.2) is 0 Å². The second kappa shape index (κ2) is 10.2. The van der Waals surface area contributed by atoms with Crippen LogP contribution in [0.3, 0.4) is 0 Å². The number of hydrogen-bond donors (Lipinski definition) is 0. The van der Waals surface area contributed by atoms with Gasteiger partial charge in [0.15, 0.2) is 0 Å². The largest absolute Gasteiger partial charge is 0.464 e. The number of fused-ring (bicyclic) bond motifs is 8. The van der Waals surface area contributed by atoms with Crippen molar-refractivity contribution in [1.29, 1.82) is 0 Å². The van der Waals surface area contributed by atoms with Crippen molar-refractivity contribution < 1.29 is 4.42 Å². The van der Waals surface area contributed by atoms with Gasteiger partial charge in [0.1, 0.15) is 5.58 Å². The molecule has 0 aliphatic heterocycles. The van der Waals surface area contributed by atoms with E-state index in [1.165, 1.54) is 112 Å². The molecular weight excluding hydrogens is 577 g/mol. The molecule has 0 amide bonds. The first kappa shape index (κ1) is 26.1. The molecule has 0 radical (unpaired) electrons. The molecule has 1 nitrogen and oxygen atoms in total. The second-order valence-electron chi connectivity index (χ2n) is 12.7. The lowest BCUT2D eigenvalue weighted by molar-refractivity contribution is 0.617. The molecule has 10 rings (SSSR count). The Balaban J connectivity index is 1.23. The van der Waals surface area contributed by atoms with E-state index in [2.05, 4.69) is 127 Å². The SMILES string of the molecule is c1ccc(-c2coc3ccc4c5cc(-c6c7ccccc7c(-c7ccc8c(c7)CCCC8)c7ccccc67)ccc5sc4c23)cc1. The number of hydrogen-bond acceptors (Lipinski definition) is 2. The highest BCUT2D eigenvalue weighted by atomic mass is 32.1. The topological polar surface area (TPSA) is 13.1 Å². The Morgan fingerprint density at radius 3 is 1.83 bits per heavy atom. The van der Waals surface area contributed by atoms with E-state index in [1.54, 1.807) is 0 Å². The minimum absolute atomic E-state index is 0.938. The molecule has 2 heteroatoms. The van der Waals surface area contributed by atoms with Gasteiger partial charge in [0.25, 0.3) is 0 Å². The van der Waals surface area contributed by atoms with Crippen LogP contribution in [0, 0.1) is 0 Å². The van der Waals surface area contributed by atoms with Crippen molar-refractivity contribution in [1.82, 2.24) is 0 Å². The Bertz CT molecular complexity index is 2580. The minimum Gasteiger partial charge on any atom is -0.464 e. The predicted molar refractivity (Wildman–Crippen MR) is 197 cm³/mol. The number of rotatable bonds is 3. The first-order chi connectivity index (χ1) is 22.8. The van der Waals surface area contributed by atoms with Crippen LogP contribution < -0.4 is 0 Å². The summed E-state index contributed by atoms with van der Waals surface area (Å²) in [6, 6.07) is 47.3. The van der Waals surface area contributed by atoms with Crippen molar-refractivity contribution in [3.63, 3.8) is 0 Å². The summed E-state index contributed by atoms with van der Waals surface area (Å²) in [5.74, 6) is 0. The standard InChI is InChI=1S/C44H30OS/c1-2-11-28(12-3-1)38-26-45-39-22-21-36-37-25-31(20-23-40(37)46-44(36)43(38)39)42-34-16-8-6-14-32(34)41(33-15-7-9-17-35(33)42)30-19-18-27-10-4-5-13-29(27)24-30/h1-3,6-9,11-12,14-26H,4-5,10,13H2. The average molecular weight is 607 g/mol. The highest BCUT2D eigenvalue weighted by molar-refractivity contribution is 7.26. The summed E-state index contributed by atoms with van der Waals surface area (Å²) in [7, 11) is 0. The van der Waals surface area contributed by atoms with E-state index in [0.717, 1.165) is 11.1 Å². The molecule has 0 saturated heterocycles. The molecule has 0 unspecified atom stereocenters. The summed E-state index contributed by atoms with van der Waals surface area (Å²) >= 11 is 1.87. The van der Waals surface area contributed by atoms with Crippen molar-refractivity contribution in [3.05, 3.63) is 145 Å². The Kier molecular flexibility index (Phi) is 5.76. The summed E-state index contributed by atoms with van der Waals surface area (Å²) in [6.45, 7) is 0. The summed E-state index contributed by atoms with van der Waals surface area (Å²) in [4.78, 5) is 0. The number of benzene rings is 7. The van der Waals surface area contributed by atoms with Gasteiger partial charge >= 0.3 is 0 Å². The zero-order valence-corrected chi connectivity index (χ0v) is 26.2.